The van der Waals surface area contributed by atoms with Crippen molar-refractivity contribution >= 4 is 0 Å². The van der Waals surface area contributed by atoms with Crippen LogP contribution in [-0.4, -0.2) is 22.9 Å². The van der Waals surface area contributed by atoms with Crippen LogP contribution in [0.3, 0.4) is 0 Å². The van der Waals surface area contributed by atoms with Gasteiger partial charge in [0, 0.05) is 0 Å². The molecule has 0 aromatic heterocycles. The Kier molecular flexibility index (Phi) is 4.80. The molecule has 0 aromatic carbocycles. The van der Waals surface area contributed by atoms with Crippen molar-refractivity contribution in [1.82, 2.24) is 0 Å². The maximum Gasteiger partial charge on any atom is 0.154 e. The number of nitrogens with zero attached hydrogens (tertiary/aromatic N) is 1. The fourth-order valence-corrected chi connectivity index (χ4v) is 2.66. The topological polar surface area (TPSA) is 53.2 Å². The van der Waals surface area contributed by atoms with Crippen molar-refractivity contribution in [2.24, 2.45) is 11.3 Å². The van der Waals surface area contributed by atoms with Gasteiger partial charge in [0.05, 0.1) is 18.3 Å². The minimum absolute atomic E-state index is 0.282. The molecule has 18 heavy (non-hydrogen) atoms. The summed E-state index contributed by atoms with van der Waals surface area (Å²) in [6.07, 6.45) is 2.81. The summed E-state index contributed by atoms with van der Waals surface area (Å²) in [6, 6.07) is 2.34. The molecular weight excluding hydrogens is 226 g/mol. The molecule has 1 N–H and O–H groups in total. The first-order valence-corrected chi connectivity index (χ1v) is 6.97. The van der Waals surface area contributed by atoms with E-state index in [9.17, 15) is 10.4 Å². The molecule has 104 valence electrons. The summed E-state index contributed by atoms with van der Waals surface area (Å²) in [7, 11) is 0. The monoisotopic (exact) mass is 253 g/mol. The van der Waals surface area contributed by atoms with Gasteiger partial charge in [0.15, 0.2) is 5.60 Å². The molecule has 1 fully saturated rings. The van der Waals surface area contributed by atoms with Gasteiger partial charge in [0.25, 0.3) is 0 Å². The summed E-state index contributed by atoms with van der Waals surface area (Å²) < 4.78 is 5.84. The average molecular weight is 253 g/mol. The zero-order valence-electron chi connectivity index (χ0n) is 12.4. The zero-order valence-corrected chi connectivity index (χ0v) is 12.4. The Balaban J connectivity index is 2.64. The SMILES string of the molecule is CC(O)C(C)OC1(C#N)CCC(C(C)(C)C)CC1. The van der Waals surface area contributed by atoms with Crippen LogP contribution >= 0.6 is 0 Å². The minimum atomic E-state index is -0.682. The average Bonchev–Trinajstić information content (AvgIpc) is 2.28. The summed E-state index contributed by atoms with van der Waals surface area (Å²) in [5, 5.41) is 18.9. The summed E-state index contributed by atoms with van der Waals surface area (Å²) in [4.78, 5) is 0. The molecule has 0 spiro atoms. The van der Waals surface area contributed by atoms with Gasteiger partial charge >= 0.3 is 0 Å². The number of hydrogen-bond donors (Lipinski definition) is 1. The van der Waals surface area contributed by atoms with Crippen LogP contribution in [0.5, 0.6) is 0 Å². The van der Waals surface area contributed by atoms with E-state index in [1.807, 2.05) is 6.92 Å². The van der Waals surface area contributed by atoms with Crippen molar-refractivity contribution in [2.45, 2.75) is 78.1 Å². The van der Waals surface area contributed by atoms with E-state index in [-0.39, 0.29) is 6.10 Å². The van der Waals surface area contributed by atoms with Crippen LogP contribution in [0, 0.1) is 22.7 Å². The van der Waals surface area contributed by atoms with Crippen LogP contribution in [0.1, 0.15) is 60.3 Å². The molecule has 2 atom stereocenters. The van der Waals surface area contributed by atoms with Gasteiger partial charge in [-0.25, -0.2) is 0 Å². The molecule has 3 nitrogen and oxygen atoms in total. The van der Waals surface area contributed by atoms with Crippen LogP contribution in [0.25, 0.3) is 0 Å². The highest BCUT2D eigenvalue weighted by molar-refractivity contribution is 5.06. The highest BCUT2D eigenvalue weighted by atomic mass is 16.5. The Morgan fingerprint density at radius 1 is 1.28 bits per heavy atom. The Labute approximate surface area is 111 Å². The third-order valence-corrected chi connectivity index (χ3v) is 4.31. The summed E-state index contributed by atoms with van der Waals surface area (Å²) in [6.45, 7) is 10.3. The lowest BCUT2D eigenvalue weighted by atomic mass is 9.68. The molecule has 1 aliphatic rings. The number of aliphatic hydroxyl groups excluding tert-OH is 1. The highest BCUT2D eigenvalue weighted by Crippen LogP contribution is 2.43. The number of nitriles is 1. The first-order chi connectivity index (χ1) is 8.20. The van der Waals surface area contributed by atoms with Crippen LogP contribution < -0.4 is 0 Å². The van der Waals surface area contributed by atoms with Crippen LogP contribution in [0.2, 0.25) is 0 Å². The lowest BCUT2D eigenvalue weighted by Crippen LogP contribution is -2.42. The van der Waals surface area contributed by atoms with E-state index in [4.69, 9.17) is 4.74 Å². The predicted octanol–water partition coefficient (Wildman–Crippen LogP) is 3.27. The van der Waals surface area contributed by atoms with Gasteiger partial charge in [0.1, 0.15) is 0 Å². The molecule has 0 heterocycles. The fraction of sp³-hybridized carbons (Fsp3) is 0.933. The molecule has 0 amide bonds. The van der Waals surface area contributed by atoms with Gasteiger partial charge in [-0.05, 0) is 50.9 Å². The molecular formula is C15H27NO2. The predicted molar refractivity (Wildman–Crippen MR) is 72.0 cm³/mol. The second kappa shape index (κ2) is 5.59. The van der Waals surface area contributed by atoms with Crippen molar-refractivity contribution in [3.8, 4) is 6.07 Å². The number of aliphatic hydroxyl groups is 1. The smallest absolute Gasteiger partial charge is 0.154 e. The highest BCUT2D eigenvalue weighted by Gasteiger charge is 2.41. The maximum atomic E-state index is 9.51. The van der Waals surface area contributed by atoms with Gasteiger partial charge in [-0.3, -0.25) is 0 Å². The second-order valence-electron chi connectivity index (χ2n) is 6.81. The van der Waals surface area contributed by atoms with Crippen LogP contribution in [0.4, 0.5) is 0 Å². The van der Waals surface area contributed by atoms with E-state index in [2.05, 4.69) is 26.8 Å². The van der Waals surface area contributed by atoms with Gasteiger partial charge < -0.3 is 9.84 Å². The van der Waals surface area contributed by atoms with E-state index in [0.29, 0.717) is 11.3 Å². The first kappa shape index (κ1) is 15.5. The summed E-state index contributed by atoms with van der Waals surface area (Å²) in [5.41, 5.74) is -0.379. The van der Waals surface area contributed by atoms with Crippen molar-refractivity contribution in [1.29, 1.82) is 5.26 Å². The molecule has 2 unspecified atom stereocenters. The molecule has 1 saturated carbocycles. The van der Waals surface area contributed by atoms with Crippen LogP contribution in [0.15, 0.2) is 0 Å². The Morgan fingerprint density at radius 2 is 1.78 bits per heavy atom. The molecule has 1 aliphatic carbocycles. The number of ether oxygens (including phenoxy) is 1. The van der Waals surface area contributed by atoms with Gasteiger partial charge in [-0.15, -0.1) is 0 Å². The number of hydrogen-bond acceptors (Lipinski definition) is 3. The van der Waals surface area contributed by atoms with Crippen molar-refractivity contribution < 1.29 is 9.84 Å². The molecule has 0 aliphatic heterocycles. The molecule has 0 bridgehead atoms. The molecule has 0 saturated heterocycles. The third-order valence-electron chi connectivity index (χ3n) is 4.31. The lowest BCUT2D eigenvalue weighted by Gasteiger charge is -2.41. The third kappa shape index (κ3) is 3.70. The number of rotatable bonds is 3. The normalized spacial score (nSPS) is 32.6. The molecule has 0 radical (unpaired) electrons. The Morgan fingerprint density at radius 3 is 2.11 bits per heavy atom. The second-order valence-corrected chi connectivity index (χ2v) is 6.81. The minimum Gasteiger partial charge on any atom is -0.391 e. The van der Waals surface area contributed by atoms with E-state index in [0.717, 1.165) is 25.7 Å². The largest absolute Gasteiger partial charge is 0.391 e. The van der Waals surface area contributed by atoms with E-state index >= 15 is 0 Å². The maximum absolute atomic E-state index is 9.51. The van der Waals surface area contributed by atoms with Crippen molar-refractivity contribution in [3.63, 3.8) is 0 Å². The summed E-state index contributed by atoms with van der Waals surface area (Å²) >= 11 is 0. The van der Waals surface area contributed by atoms with Gasteiger partial charge in [0.2, 0.25) is 0 Å². The van der Waals surface area contributed by atoms with Gasteiger partial charge in [-0.1, -0.05) is 20.8 Å². The lowest BCUT2D eigenvalue weighted by molar-refractivity contribution is -0.118. The van der Waals surface area contributed by atoms with E-state index in [1.165, 1.54) is 0 Å². The zero-order chi connectivity index (χ0) is 14.0. The molecule has 3 heteroatoms. The fourth-order valence-electron chi connectivity index (χ4n) is 2.66. The van der Waals surface area contributed by atoms with Crippen molar-refractivity contribution in [2.75, 3.05) is 0 Å². The Bertz CT molecular complexity index is 303. The Hall–Kier alpha value is -0.590. The quantitative estimate of drug-likeness (QED) is 0.839. The van der Waals surface area contributed by atoms with E-state index < -0.39 is 11.7 Å². The molecule has 1 rings (SSSR count). The molecule has 0 aromatic rings. The van der Waals surface area contributed by atoms with E-state index in [1.54, 1.807) is 6.92 Å². The standard InChI is InChI=1S/C15H27NO2/c1-11(17)12(2)18-15(10-16)8-6-13(7-9-15)14(3,4)5/h11-13,17H,6-9H2,1-5H3. The van der Waals surface area contributed by atoms with Gasteiger partial charge in [-0.2, -0.15) is 5.26 Å². The van der Waals surface area contributed by atoms with Crippen molar-refractivity contribution in [3.05, 3.63) is 0 Å². The van der Waals surface area contributed by atoms with Crippen LogP contribution in [-0.2, 0) is 4.74 Å². The summed E-state index contributed by atoms with van der Waals surface area (Å²) in [5.74, 6) is 0.657. The first-order valence-electron chi connectivity index (χ1n) is 6.97.